The molecule has 3 aromatic rings. The molecule has 21 heavy (non-hydrogen) atoms. The molecule has 0 aliphatic carbocycles. The van der Waals surface area contributed by atoms with Crippen molar-refractivity contribution in [2.75, 3.05) is 0 Å². The molecule has 0 radical (unpaired) electrons. The van der Waals surface area contributed by atoms with Gasteiger partial charge in [-0.3, -0.25) is 4.98 Å². The fourth-order valence-electron chi connectivity index (χ4n) is 1.80. The Morgan fingerprint density at radius 2 is 1.86 bits per heavy atom. The maximum absolute atomic E-state index is 11.8. The molecular weight excluding hydrogens is 268 g/mol. The molecule has 0 amide bonds. The van der Waals surface area contributed by atoms with E-state index in [0.717, 1.165) is 5.56 Å². The molecule has 2 heterocycles. The number of ether oxygens (including phenoxy) is 1. The van der Waals surface area contributed by atoms with Gasteiger partial charge in [0.05, 0.1) is 5.56 Å². The molecule has 1 aromatic carbocycles. The zero-order chi connectivity index (χ0) is 14.5. The number of nitrogens with zero attached hydrogens (tertiary/aromatic N) is 2. The van der Waals surface area contributed by atoms with Crippen LogP contribution in [0.15, 0.2) is 65.5 Å². The molecule has 2 aromatic heterocycles. The summed E-state index contributed by atoms with van der Waals surface area (Å²) in [5, 5.41) is 0. The standard InChI is InChI=1S/C16H12N2O3/c19-16(13-6-8-17-9-7-13)21-11-14-10-20-15(18-14)12-4-2-1-3-5-12/h1-10H,11H2. The monoisotopic (exact) mass is 280 g/mol. The number of carbonyl (C=O) groups is 1. The zero-order valence-corrected chi connectivity index (χ0v) is 11.1. The molecule has 0 saturated heterocycles. The molecule has 0 unspecified atom stereocenters. The van der Waals surface area contributed by atoms with Crippen molar-refractivity contribution in [1.82, 2.24) is 9.97 Å². The summed E-state index contributed by atoms with van der Waals surface area (Å²) >= 11 is 0. The van der Waals surface area contributed by atoms with Gasteiger partial charge in [-0.05, 0) is 24.3 Å². The molecule has 0 aliphatic heterocycles. The highest BCUT2D eigenvalue weighted by molar-refractivity contribution is 5.89. The lowest BCUT2D eigenvalue weighted by atomic mass is 10.2. The minimum absolute atomic E-state index is 0.0670. The number of esters is 1. The summed E-state index contributed by atoms with van der Waals surface area (Å²) in [6.07, 6.45) is 4.57. The maximum Gasteiger partial charge on any atom is 0.338 e. The lowest BCUT2D eigenvalue weighted by Gasteiger charge is -2.01. The molecule has 0 bridgehead atoms. The Bertz CT molecular complexity index is 724. The SMILES string of the molecule is O=C(OCc1coc(-c2ccccc2)n1)c1ccncc1. The van der Waals surface area contributed by atoms with Gasteiger partial charge in [0.15, 0.2) is 0 Å². The number of hydrogen-bond acceptors (Lipinski definition) is 5. The first-order chi connectivity index (χ1) is 10.3. The third-order valence-electron chi connectivity index (χ3n) is 2.84. The van der Waals surface area contributed by atoms with Gasteiger partial charge in [0.2, 0.25) is 5.89 Å². The Morgan fingerprint density at radius 1 is 1.10 bits per heavy atom. The van der Waals surface area contributed by atoms with Crippen LogP contribution in [0, 0.1) is 0 Å². The van der Waals surface area contributed by atoms with Crippen molar-refractivity contribution in [3.05, 3.63) is 72.4 Å². The van der Waals surface area contributed by atoms with Gasteiger partial charge in [0, 0.05) is 18.0 Å². The van der Waals surface area contributed by atoms with Crippen LogP contribution in [-0.4, -0.2) is 15.9 Å². The van der Waals surface area contributed by atoms with Crippen molar-refractivity contribution in [2.45, 2.75) is 6.61 Å². The predicted octanol–water partition coefficient (Wildman–Crippen LogP) is 3.09. The minimum Gasteiger partial charge on any atom is -0.455 e. The van der Waals surface area contributed by atoms with E-state index >= 15 is 0 Å². The van der Waals surface area contributed by atoms with Gasteiger partial charge in [-0.1, -0.05) is 18.2 Å². The zero-order valence-electron chi connectivity index (χ0n) is 11.1. The van der Waals surface area contributed by atoms with Gasteiger partial charge in [0.1, 0.15) is 18.6 Å². The molecule has 0 aliphatic rings. The molecule has 104 valence electrons. The van der Waals surface area contributed by atoms with Crippen LogP contribution in [0.3, 0.4) is 0 Å². The minimum atomic E-state index is -0.415. The van der Waals surface area contributed by atoms with E-state index in [-0.39, 0.29) is 6.61 Å². The molecule has 3 rings (SSSR count). The summed E-state index contributed by atoms with van der Waals surface area (Å²) in [5.41, 5.74) is 1.90. The van der Waals surface area contributed by atoms with Gasteiger partial charge < -0.3 is 9.15 Å². The number of oxazole rings is 1. The van der Waals surface area contributed by atoms with Gasteiger partial charge in [-0.2, -0.15) is 0 Å². The Morgan fingerprint density at radius 3 is 2.62 bits per heavy atom. The molecule has 0 spiro atoms. The Kier molecular flexibility index (Phi) is 3.73. The van der Waals surface area contributed by atoms with Crippen LogP contribution in [0.2, 0.25) is 0 Å². The van der Waals surface area contributed by atoms with Gasteiger partial charge in [-0.25, -0.2) is 9.78 Å². The summed E-state index contributed by atoms with van der Waals surface area (Å²) < 4.78 is 10.6. The van der Waals surface area contributed by atoms with Crippen molar-refractivity contribution in [3.63, 3.8) is 0 Å². The largest absolute Gasteiger partial charge is 0.455 e. The third-order valence-corrected chi connectivity index (χ3v) is 2.84. The highest BCUT2D eigenvalue weighted by atomic mass is 16.5. The molecule has 0 fully saturated rings. The highest BCUT2D eigenvalue weighted by Gasteiger charge is 2.10. The Balaban J connectivity index is 1.64. The van der Waals surface area contributed by atoms with E-state index in [2.05, 4.69) is 9.97 Å². The number of benzene rings is 1. The number of pyridine rings is 1. The lowest BCUT2D eigenvalue weighted by Crippen LogP contribution is -2.05. The quantitative estimate of drug-likeness (QED) is 0.687. The summed E-state index contributed by atoms with van der Waals surface area (Å²) in [4.78, 5) is 19.9. The second-order valence-corrected chi connectivity index (χ2v) is 4.32. The van der Waals surface area contributed by atoms with Crippen molar-refractivity contribution >= 4 is 5.97 Å². The number of aromatic nitrogens is 2. The van der Waals surface area contributed by atoms with E-state index in [9.17, 15) is 4.79 Å². The molecule has 0 atom stereocenters. The molecule has 0 saturated carbocycles. The van der Waals surface area contributed by atoms with E-state index in [1.807, 2.05) is 30.3 Å². The predicted molar refractivity (Wildman–Crippen MR) is 75.3 cm³/mol. The topological polar surface area (TPSA) is 65.2 Å². The van der Waals surface area contributed by atoms with Crippen LogP contribution in [0.25, 0.3) is 11.5 Å². The number of carbonyl (C=O) groups excluding carboxylic acids is 1. The van der Waals surface area contributed by atoms with Crippen LogP contribution in [-0.2, 0) is 11.3 Å². The Labute approximate surface area is 121 Å². The van der Waals surface area contributed by atoms with Crippen molar-refractivity contribution < 1.29 is 13.9 Å². The average molecular weight is 280 g/mol. The second-order valence-electron chi connectivity index (χ2n) is 4.32. The fraction of sp³-hybridized carbons (Fsp3) is 0.0625. The van der Waals surface area contributed by atoms with Crippen LogP contribution < -0.4 is 0 Å². The lowest BCUT2D eigenvalue weighted by molar-refractivity contribution is 0.0467. The fourth-order valence-corrected chi connectivity index (χ4v) is 1.80. The van der Waals surface area contributed by atoms with Crippen LogP contribution >= 0.6 is 0 Å². The van der Waals surface area contributed by atoms with E-state index in [1.165, 1.54) is 6.26 Å². The smallest absolute Gasteiger partial charge is 0.338 e. The van der Waals surface area contributed by atoms with Gasteiger partial charge >= 0.3 is 5.97 Å². The van der Waals surface area contributed by atoms with Crippen molar-refractivity contribution in [1.29, 1.82) is 0 Å². The number of rotatable bonds is 4. The summed E-state index contributed by atoms with van der Waals surface area (Å²) in [6.45, 7) is 0.0670. The summed E-state index contributed by atoms with van der Waals surface area (Å²) in [6, 6.07) is 12.7. The normalized spacial score (nSPS) is 10.3. The van der Waals surface area contributed by atoms with E-state index < -0.39 is 5.97 Å². The molecule has 5 heteroatoms. The first-order valence-electron chi connectivity index (χ1n) is 6.40. The van der Waals surface area contributed by atoms with Crippen molar-refractivity contribution in [2.24, 2.45) is 0 Å². The van der Waals surface area contributed by atoms with E-state index in [0.29, 0.717) is 17.1 Å². The highest BCUT2D eigenvalue weighted by Crippen LogP contribution is 2.18. The van der Waals surface area contributed by atoms with Crippen LogP contribution in [0.4, 0.5) is 0 Å². The summed E-state index contributed by atoms with van der Waals surface area (Å²) in [7, 11) is 0. The third kappa shape index (κ3) is 3.14. The summed E-state index contributed by atoms with van der Waals surface area (Å²) in [5.74, 6) is 0.0900. The van der Waals surface area contributed by atoms with Gasteiger partial charge in [-0.15, -0.1) is 0 Å². The van der Waals surface area contributed by atoms with Gasteiger partial charge in [0.25, 0.3) is 0 Å². The van der Waals surface area contributed by atoms with E-state index in [1.54, 1.807) is 24.5 Å². The van der Waals surface area contributed by atoms with E-state index in [4.69, 9.17) is 9.15 Å². The first kappa shape index (κ1) is 13.1. The molecule has 5 nitrogen and oxygen atoms in total. The van der Waals surface area contributed by atoms with Crippen molar-refractivity contribution in [3.8, 4) is 11.5 Å². The average Bonchev–Trinajstić information content (AvgIpc) is 3.03. The number of hydrogen-bond donors (Lipinski definition) is 0. The second kappa shape index (κ2) is 6.00. The maximum atomic E-state index is 11.8. The molecular formula is C16H12N2O3. The van der Waals surface area contributed by atoms with Crippen LogP contribution in [0.1, 0.15) is 16.1 Å². The van der Waals surface area contributed by atoms with Crippen LogP contribution in [0.5, 0.6) is 0 Å². The first-order valence-corrected chi connectivity index (χ1v) is 6.40. The molecule has 0 N–H and O–H groups in total. The Hall–Kier alpha value is -2.95.